The number of allylic oxidation sites excluding steroid dienone is 7. The SMILES string of the molecule is CC/C=C(/N=C1/C=C(c2ccc(F)c3sc(C(C)C)c(C#N)c23)C(F)=C/C1=C(/C)N(CC)C(CCC(C)CC)C(C)CC)OCC12CCCN1CC(C)C2. The van der Waals surface area contributed by atoms with Gasteiger partial charge in [-0.15, -0.1) is 11.3 Å². The van der Waals surface area contributed by atoms with E-state index in [1.54, 1.807) is 12.1 Å². The van der Waals surface area contributed by atoms with Gasteiger partial charge in [0.25, 0.3) is 0 Å². The topological polar surface area (TPSA) is 51.9 Å². The Hall–Kier alpha value is -3.28. The maximum atomic E-state index is 16.9. The van der Waals surface area contributed by atoms with Crippen LogP contribution in [-0.4, -0.2) is 53.3 Å². The fourth-order valence-corrected chi connectivity index (χ4v) is 10.3. The van der Waals surface area contributed by atoms with Crippen LogP contribution in [0.2, 0.25) is 0 Å². The van der Waals surface area contributed by atoms with Crippen molar-refractivity contribution in [3.05, 3.63) is 75.2 Å². The van der Waals surface area contributed by atoms with E-state index in [1.165, 1.54) is 23.8 Å². The Labute approximate surface area is 328 Å². The number of rotatable bonds is 16. The largest absolute Gasteiger partial charge is 0.476 e. The van der Waals surface area contributed by atoms with Gasteiger partial charge in [-0.3, -0.25) is 4.90 Å². The second kappa shape index (κ2) is 18.1. The Bertz CT molecular complexity index is 1860. The van der Waals surface area contributed by atoms with Crippen LogP contribution in [0, 0.1) is 34.9 Å². The Morgan fingerprint density at radius 1 is 1.13 bits per heavy atom. The summed E-state index contributed by atoms with van der Waals surface area (Å²) in [6, 6.07) is 5.65. The maximum Gasteiger partial charge on any atom is 0.209 e. The number of hydrogen-bond donors (Lipinski definition) is 0. The minimum absolute atomic E-state index is 0.0233. The number of nitrogens with zero attached hydrogens (tertiary/aromatic N) is 4. The molecule has 1 aromatic heterocycles. The van der Waals surface area contributed by atoms with Gasteiger partial charge in [0.1, 0.15) is 24.3 Å². The third-order valence-electron chi connectivity index (χ3n) is 12.4. The quantitative estimate of drug-likeness (QED) is 0.160. The minimum Gasteiger partial charge on any atom is -0.476 e. The number of fused-ring (bicyclic) bond motifs is 2. The number of halogens is 2. The molecule has 0 saturated carbocycles. The number of nitriles is 1. The number of aliphatic imine (C=N–C) groups is 1. The van der Waals surface area contributed by atoms with Gasteiger partial charge in [0.05, 0.1) is 21.5 Å². The van der Waals surface area contributed by atoms with Gasteiger partial charge in [-0.25, -0.2) is 13.8 Å². The van der Waals surface area contributed by atoms with Crippen LogP contribution in [0.1, 0.15) is 143 Å². The van der Waals surface area contributed by atoms with Gasteiger partial charge in [0, 0.05) is 46.2 Å². The monoisotopic (exact) mass is 758 g/mol. The molecule has 294 valence electrons. The van der Waals surface area contributed by atoms with Gasteiger partial charge in [-0.1, -0.05) is 74.3 Å². The van der Waals surface area contributed by atoms with Crippen LogP contribution in [-0.2, 0) is 4.74 Å². The molecule has 2 aromatic rings. The van der Waals surface area contributed by atoms with Crippen molar-refractivity contribution < 1.29 is 13.5 Å². The van der Waals surface area contributed by atoms with Crippen molar-refractivity contribution in [3.63, 3.8) is 0 Å². The summed E-state index contributed by atoms with van der Waals surface area (Å²) in [6.45, 7) is 25.4. The van der Waals surface area contributed by atoms with E-state index >= 15 is 8.78 Å². The van der Waals surface area contributed by atoms with Gasteiger partial charge in [0.2, 0.25) is 5.88 Å². The van der Waals surface area contributed by atoms with Crippen molar-refractivity contribution >= 4 is 32.7 Å². The molecular weight excluding hydrogens is 695 g/mol. The molecule has 1 aliphatic carbocycles. The first kappa shape index (κ1) is 41.9. The molecule has 2 saturated heterocycles. The van der Waals surface area contributed by atoms with Crippen molar-refractivity contribution in [1.29, 1.82) is 5.26 Å². The highest BCUT2D eigenvalue weighted by atomic mass is 32.1. The summed E-state index contributed by atoms with van der Waals surface area (Å²) in [5.74, 6) is 1.46. The molecule has 5 atom stereocenters. The van der Waals surface area contributed by atoms with Crippen LogP contribution in [0.3, 0.4) is 0 Å². The average molecular weight is 759 g/mol. The third-order valence-corrected chi connectivity index (χ3v) is 13.9. The first-order valence-electron chi connectivity index (χ1n) is 20.7. The molecule has 0 bridgehead atoms. The Morgan fingerprint density at radius 2 is 1.89 bits per heavy atom. The van der Waals surface area contributed by atoms with Crippen LogP contribution >= 0.6 is 11.3 Å². The normalized spacial score (nSPS) is 24.0. The van der Waals surface area contributed by atoms with Crippen molar-refractivity contribution in [2.75, 3.05) is 26.2 Å². The third kappa shape index (κ3) is 8.58. The first-order chi connectivity index (χ1) is 25.8. The zero-order chi connectivity index (χ0) is 39.3. The average Bonchev–Trinajstić information content (AvgIpc) is 3.83. The lowest BCUT2D eigenvalue weighted by molar-refractivity contribution is 0.0718. The lowest BCUT2D eigenvalue weighted by Crippen LogP contribution is -2.42. The molecule has 0 amide bonds. The van der Waals surface area contributed by atoms with Gasteiger partial charge < -0.3 is 9.64 Å². The lowest BCUT2D eigenvalue weighted by atomic mass is 9.87. The lowest BCUT2D eigenvalue weighted by Gasteiger charge is -2.39. The van der Waals surface area contributed by atoms with Crippen LogP contribution in [0.4, 0.5) is 8.78 Å². The molecule has 54 heavy (non-hydrogen) atoms. The van der Waals surface area contributed by atoms with Crippen molar-refractivity contribution in [3.8, 4) is 6.07 Å². The van der Waals surface area contributed by atoms with E-state index in [0.717, 1.165) is 80.7 Å². The van der Waals surface area contributed by atoms with Gasteiger partial charge in [-0.2, -0.15) is 5.26 Å². The van der Waals surface area contributed by atoms with Gasteiger partial charge in [-0.05, 0) is 112 Å². The zero-order valence-corrected chi connectivity index (χ0v) is 35.4. The molecule has 3 aliphatic rings. The number of hydrogen-bond acceptors (Lipinski definition) is 6. The summed E-state index contributed by atoms with van der Waals surface area (Å²) in [4.78, 5) is 11.1. The Kier molecular flexibility index (Phi) is 14.0. The molecule has 2 fully saturated rings. The fraction of sp³-hybridized carbons (Fsp3) is 0.609. The highest BCUT2D eigenvalue weighted by Gasteiger charge is 2.47. The molecule has 1 aromatic carbocycles. The summed E-state index contributed by atoms with van der Waals surface area (Å²) in [5, 5.41) is 10.8. The van der Waals surface area contributed by atoms with E-state index in [4.69, 9.17) is 9.73 Å². The smallest absolute Gasteiger partial charge is 0.209 e. The number of benzene rings is 1. The molecule has 2 aliphatic heterocycles. The predicted octanol–water partition coefficient (Wildman–Crippen LogP) is 12.7. The molecule has 5 nitrogen and oxygen atoms in total. The molecule has 5 unspecified atom stereocenters. The van der Waals surface area contributed by atoms with Gasteiger partial charge >= 0.3 is 0 Å². The van der Waals surface area contributed by atoms with Crippen LogP contribution in [0.5, 0.6) is 0 Å². The number of ether oxygens (including phenoxy) is 1. The van der Waals surface area contributed by atoms with Crippen molar-refractivity contribution in [2.45, 2.75) is 138 Å². The molecular formula is C46H64F2N4OS. The van der Waals surface area contributed by atoms with E-state index in [1.807, 2.05) is 26.0 Å². The van der Waals surface area contributed by atoms with E-state index in [2.05, 4.69) is 71.3 Å². The molecule has 3 heterocycles. The summed E-state index contributed by atoms with van der Waals surface area (Å²) in [7, 11) is 0. The van der Waals surface area contributed by atoms with E-state index < -0.39 is 11.6 Å². The van der Waals surface area contributed by atoms with E-state index in [0.29, 0.717) is 68.8 Å². The van der Waals surface area contributed by atoms with Crippen molar-refractivity contribution in [1.82, 2.24) is 9.80 Å². The highest BCUT2D eigenvalue weighted by molar-refractivity contribution is 7.19. The second-order valence-corrected chi connectivity index (χ2v) is 17.7. The summed E-state index contributed by atoms with van der Waals surface area (Å²) < 4.78 is 39.4. The van der Waals surface area contributed by atoms with Crippen molar-refractivity contribution in [2.24, 2.45) is 22.7 Å². The highest BCUT2D eigenvalue weighted by Crippen LogP contribution is 2.45. The molecule has 0 N–H and O–H groups in total. The predicted molar refractivity (Wildman–Crippen MR) is 224 cm³/mol. The summed E-state index contributed by atoms with van der Waals surface area (Å²) in [6.07, 6.45) is 14.0. The maximum absolute atomic E-state index is 16.9. The van der Waals surface area contributed by atoms with Crippen LogP contribution in [0.15, 0.2) is 58.3 Å². The molecule has 8 heteroatoms. The molecule has 0 radical (unpaired) electrons. The Balaban J connectivity index is 1.68. The first-order valence-corrected chi connectivity index (χ1v) is 21.5. The number of thiophene rings is 1. The van der Waals surface area contributed by atoms with Gasteiger partial charge in [0.15, 0.2) is 0 Å². The van der Waals surface area contributed by atoms with E-state index in [-0.39, 0.29) is 11.5 Å². The Morgan fingerprint density at radius 3 is 2.54 bits per heavy atom. The summed E-state index contributed by atoms with van der Waals surface area (Å²) >= 11 is 1.29. The standard InChI is InChI=1S/C46H64F2N4OS/c1-11-16-42(53-28-46-21-15-22-51(46)27-31(8)25-46)50-40-24-36(34-18-19-38(47)45-43(34)37(26-49)44(54-45)29(5)6)39(48)23-35(40)33(10)52(14-4)41(32(9)13-3)20-17-30(7)12-2/h16,18-19,23-24,29-32,41H,11-15,17,20-22,25,27-28H2,1-10H3/b35-33+,42-16-,50-40-. The summed E-state index contributed by atoms with van der Waals surface area (Å²) in [5.41, 5.74) is 3.57. The van der Waals surface area contributed by atoms with Crippen LogP contribution in [0.25, 0.3) is 15.7 Å². The fourth-order valence-electron chi connectivity index (χ4n) is 9.10. The van der Waals surface area contributed by atoms with Crippen LogP contribution < -0.4 is 0 Å². The molecule has 0 spiro atoms. The second-order valence-electron chi connectivity index (χ2n) is 16.6. The minimum atomic E-state index is -0.421. The zero-order valence-electron chi connectivity index (χ0n) is 34.6. The molecule has 5 rings (SSSR count). The van der Waals surface area contributed by atoms with E-state index in [9.17, 15) is 5.26 Å².